The lowest BCUT2D eigenvalue weighted by Gasteiger charge is -2.29. The van der Waals surface area contributed by atoms with E-state index in [2.05, 4.69) is 16.9 Å². The molecule has 11 nitrogen and oxygen atoms in total. The summed E-state index contributed by atoms with van der Waals surface area (Å²) in [5.74, 6) is -0.601. The normalized spacial score (nSPS) is 20.2. The molecule has 11 heteroatoms. The van der Waals surface area contributed by atoms with Gasteiger partial charge >= 0.3 is 5.97 Å². The number of unbranched alkanes of at least 4 members (excludes halogenated alkanes) is 1. The van der Waals surface area contributed by atoms with Crippen molar-refractivity contribution in [2.24, 2.45) is 5.92 Å². The number of methoxy groups -OCH3 is 1. The number of fused-ring (bicyclic) bond motifs is 1. The monoisotopic (exact) mass is 542 g/mol. The van der Waals surface area contributed by atoms with E-state index in [1.165, 1.54) is 13.4 Å². The summed E-state index contributed by atoms with van der Waals surface area (Å²) in [6.45, 7) is 3.73. The lowest BCUT2D eigenvalue weighted by molar-refractivity contribution is -0.143. The summed E-state index contributed by atoms with van der Waals surface area (Å²) < 4.78 is 16.7. The number of amides is 1. The molecule has 2 aromatic rings. The molecular weight excluding hydrogens is 504 g/mol. The first-order chi connectivity index (χ1) is 19.0. The number of aliphatic hydroxyl groups excluding tert-OH is 1. The zero-order valence-corrected chi connectivity index (χ0v) is 22.6. The Morgan fingerprint density at radius 3 is 2.74 bits per heavy atom. The van der Waals surface area contributed by atoms with E-state index in [-0.39, 0.29) is 25.9 Å². The van der Waals surface area contributed by atoms with E-state index in [1.54, 1.807) is 11.1 Å². The Bertz CT molecular complexity index is 1110. The number of likely N-dealkylation sites (tertiary alicyclic amines) is 1. The van der Waals surface area contributed by atoms with Gasteiger partial charge in [-0.3, -0.25) is 14.5 Å². The Kier molecular flexibility index (Phi) is 9.94. The maximum absolute atomic E-state index is 13.5. The fourth-order valence-corrected chi connectivity index (χ4v) is 5.56. The lowest BCUT2D eigenvalue weighted by atomic mass is 9.83. The van der Waals surface area contributed by atoms with Gasteiger partial charge in [-0.25, -0.2) is 9.97 Å². The largest absolute Gasteiger partial charge is 0.493 e. The number of hydrogen-bond donors (Lipinski definition) is 2. The third-order valence-electron chi connectivity index (χ3n) is 7.54. The summed E-state index contributed by atoms with van der Waals surface area (Å²) in [6, 6.07) is 5.07. The number of carboxylic acids is 1. The fraction of sp³-hybridized carbons (Fsp3) is 0.571. The van der Waals surface area contributed by atoms with Crippen LogP contribution in [-0.2, 0) is 16.0 Å². The van der Waals surface area contributed by atoms with Crippen molar-refractivity contribution in [3.63, 3.8) is 0 Å². The molecule has 2 N–H and O–H groups in total. The topological polar surface area (TPSA) is 135 Å². The van der Waals surface area contributed by atoms with E-state index in [4.69, 9.17) is 14.2 Å². The van der Waals surface area contributed by atoms with Crippen LogP contribution < -0.4 is 14.2 Å². The number of carboxylic acid groups (broad SMARTS) is 1. The molecule has 0 spiro atoms. The average Bonchev–Trinajstić information content (AvgIpc) is 3.56. The highest BCUT2D eigenvalue weighted by Gasteiger charge is 2.47. The van der Waals surface area contributed by atoms with Gasteiger partial charge in [0.2, 0.25) is 18.4 Å². The van der Waals surface area contributed by atoms with Crippen LogP contribution in [0.4, 0.5) is 0 Å². The number of benzene rings is 1. The van der Waals surface area contributed by atoms with Gasteiger partial charge in [-0.15, -0.1) is 0 Å². The molecule has 0 aliphatic carbocycles. The number of hydrogen-bond acceptors (Lipinski definition) is 9. The van der Waals surface area contributed by atoms with Gasteiger partial charge in [-0.05, 0) is 49.4 Å². The Morgan fingerprint density at radius 1 is 1.23 bits per heavy atom. The molecular formula is C28H38N4O7. The molecule has 1 amide bonds. The van der Waals surface area contributed by atoms with Crippen LogP contribution in [0.15, 0.2) is 30.7 Å². The van der Waals surface area contributed by atoms with E-state index in [0.717, 1.165) is 24.1 Å². The zero-order chi connectivity index (χ0) is 27.8. The number of carbonyl (C=O) groups is 2. The van der Waals surface area contributed by atoms with Crippen LogP contribution in [-0.4, -0.2) is 94.6 Å². The van der Waals surface area contributed by atoms with E-state index >= 15 is 0 Å². The summed E-state index contributed by atoms with van der Waals surface area (Å²) in [5.41, 5.74) is 1.59. The van der Waals surface area contributed by atoms with Crippen LogP contribution >= 0.6 is 0 Å². The molecule has 39 heavy (non-hydrogen) atoms. The quantitative estimate of drug-likeness (QED) is 0.366. The fourth-order valence-electron chi connectivity index (χ4n) is 5.56. The first-order valence-electron chi connectivity index (χ1n) is 13.5. The molecule has 4 rings (SSSR count). The molecule has 0 bridgehead atoms. The summed E-state index contributed by atoms with van der Waals surface area (Å²) >= 11 is 0. The predicted octanol–water partition coefficient (Wildman–Crippen LogP) is 2.33. The number of aliphatic hydroxyl groups is 1. The van der Waals surface area contributed by atoms with Crippen molar-refractivity contribution in [2.75, 3.05) is 46.7 Å². The van der Waals surface area contributed by atoms with Crippen LogP contribution in [0, 0.1) is 5.92 Å². The summed E-state index contributed by atoms with van der Waals surface area (Å²) in [4.78, 5) is 38.3. The molecule has 2 aliphatic rings. The molecule has 2 aliphatic heterocycles. The number of aliphatic carboxylic acids is 1. The highest BCUT2D eigenvalue weighted by Crippen LogP contribution is 2.47. The Labute approximate surface area is 228 Å². The van der Waals surface area contributed by atoms with E-state index in [9.17, 15) is 19.8 Å². The predicted molar refractivity (Wildman–Crippen MR) is 142 cm³/mol. The molecule has 3 heterocycles. The van der Waals surface area contributed by atoms with Gasteiger partial charge in [0.05, 0.1) is 19.6 Å². The lowest BCUT2D eigenvalue weighted by Crippen LogP contribution is -2.45. The number of ether oxygens (including phenoxy) is 3. The summed E-state index contributed by atoms with van der Waals surface area (Å²) in [5, 5.41) is 19.8. The van der Waals surface area contributed by atoms with Gasteiger partial charge in [-0.1, -0.05) is 13.3 Å². The average molecular weight is 543 g/mol. The second-order valence-electron chi connectivity index (χ2n) is 9.98. The van der Waals surface area contributed by atoms with E-state index in [0.29, 0.717) is 56.1 Å². The van der Waals surface area contributed by atoms with Gasteiger partial charge < -0.3 is 29.3 Å². The van der Waals surface area contributed by atoms with Gasteiger partial charge in [-0.2, -0.15) is 0 Å². The molecule has 1 aromatic carbocycles. The van der Waals surface area contributed by atoms with Gasteiger partial charge in [0.15, 0.2) is 11.5 Å². The zero-order valence-electron chi connectivity index (χ0n) is 22.6. The molecule has 0 unspecified atom stereocenters. The highest BCUT2D eigenvalue weighted by atomic mass is 16.7. The summed E-state index contributed by atoms with van der Waals surface area (Å²) in [7, 11) is 1.54. The van der Waals surface area contributed by atoms with Crippen molar-refractivity contribution >= 4 is 11.9 Å². The minimum Gasteiger partial charge on any atom is -0.493 e. The number of aromatic nitrogens is 2. The Morgan fingerprint density at radius 2 is 2.05 bits per heavy atom. The smallest absolute Gasteiger partial charge is 0.308 e. The number of aryl methyl sites for hydroxylation is 1. The molecule has 1 aromatic heterocycles. The standard InChI is InChI=1S/C28H38N4O7/c1-3-4-10-31(11-5-12-33)25(34)16-32-15-21(19-13-23(37-2)27-24(14-19)38-18-39-27)26(28(35)36)22(32)7-6-20-8-9-29-17-30-20/h8-9,13-14,17,21-22,26,33H,3-7,10-12,15-16,18H2,1-2H3,(H,35,36)/t21-,22+,26-/m1/s1. The molecule has 1 fully saturated rings. The van der Waals surface area contributed by atoms with E-state index < -0.39 is 23.8 Å². The van der Waals surface area contributed by atoms with Crippen molar-refractivity contribution in [3.05, 3.63) is 42.0 Å². The minimum absolute atomic E-state index is 0.0102. The van der Waals surface area contributed by atoms with Crippen molar-refractivity contribution in [1.29, 1.82) is 0 Å². The van der Waals surface area contributed by atoms with Crippen LogP contribution in [0.25, 0.3) is 0 Å². The van der Waals surface area contributed by atoms with Crippen LogP contribution in [0.5, 0.6) is 17.2 Å². The third kappa shape index (κ3) is 6.77. The number of nitrogens with zero attached hydrogens (tertiary/aromatic N) is 4. The minimum atomic E-state index is -0.914. The molecule has 3 atom stereocenters. The molecule has 0 saturated carbocycles. The molecule has 1 saturated heterocycles. The molecule has 212 valence electrons. The van der Waals surface area contributed by atoms with Crippen molar-refractivity contribution in [3.8, 4) is 17.2 Å². The second-order valence-corrected chi connectivity index (χ2v) is 9.98. The second kappa shape index (κ2) is 13.6. The van der Waals surface area contributed by atoms with Crippen molar-refractivity contribution in [1.82, 2.24) is 19.8 Å². The van der Waals surface area contributed by atoms with Gasteiger partial charge in [0.1, 0.15) is 6.33 Å². The maximum Gasteiger partial charge on any atom is 0.308 e. The Hall–Kier alpha value is -3.44. The van der Waals surface area contributed by atoms with Gasteiger partial charge in [0.25, 0.3) is 0 Å². The summed E-state index contributed by atoms with van der Waals surface area (Å²) in [6.07, 6.45) is 6.54. The first kappa shape index (κ1) is 28.6. The highest BCUT2D eigenvalue weighted by molar-refractivity contribution is 5.79. The van der Waals surface area contributed by atoms with Crippen LogP contribution in [0.3, 0.4) is 0 Å². The number of carbonyl (C=O) groups excluding carboxylic acids is 1. The van der Waals surface area contributed by atoms with Gasteiger partial charge in [0, 0.05) is 50.1 Å². The van der Waals surface area contributed by atoms with Crippen molar-refractivity contribution < 1.29 is 34.0 Å². The van der Waals surface area contributed by atoms with E-state index in [1.807, 2.05) is 23.1 Å². The SMILES string of the molecule is CCCCN(CCCO)C(=O)CN1C[C@H](c2cc(OC)c3c(c2)OCO3)[C@@H](C(=O)O)[C@@H]1CCc1ccncn1. The third-order valence-corrected chi connectivity index (χ3v) is 7.54. The molecule has 0 radical (unpaired) electrons. The van der Waals surface area contributed by atoms with Crippen molar-refractivity contribution in [2.45, 2.75) is 51.0 Å². The van der Waals surface area contributed by atoms with Crippen LogP contribution in [0.2, 0.25) is 0 Å². The first-order valence-corrected chi connectivity index (χ1v) is 13.5. The number of rotatable bonds is 14. The van der Waals surface area contributed by atoms with Crippen LogP contribution in [0.1, 0.15) is 49.8 Å². The Balaban J connectivity index is 1.63. The maximum atomic E-state index is 13.5.